The lowest BCUT2D eigenvalue weighted by atomic mass is 10.1. The number of benzene rings is 1. The van der Waals surface area contributed by atoms with E-state index in [1.807, 2.05) is 6.08 Å². The standard InChI is InChI=1S/C16H18F3N3S/c1-2-7-22-8-5-12(6-9-22)20-15-21-13-10-11(16(17,18)19)3-4-14(13)23-15/h2-4,10,12H,1,5-9H2,(H,20,21). The molecule has 3 nitrogen and oxygen atoms in total. The molecule has 2 aromatic rings. The summed E-state index contributed by atoms with van der Waals surface area (Å²) in [5, 5.41) is 4.06. The van der Waals surface area contributed by atoms with Crippen LogP contribution < -0.4 is 5.32 Å². The Morgan fingerprint density at radius 3 is 2.74 bits per heavy atom. The molecule has 0 atom stereocenters. The molecule has 23 heavy (non-hydrogen) atoms. The van der Waals surface area contributed by atoms with Gasteiger partial charge in [-0.05, 0) is 31.0 Å². The molecule has 3 rings (SSSR count). The van der Waals surface area contributed by atoms with E-state index >= 15 is 0 Å². The van der Waals surface area contributed by atoms with Gasteiger partial charge >= 0.3 is 6.18 Å². The number of piperidine rings is 1. The Balaban J connectivity index is 1.68. The summed E-state index contributed by atoms with van der Waals surface area (Å²) >= 11 is 1.40. The van der Waals surface area contributed by atoms with E-state index in [4.69, 9.17) is 0 Å². The van der Waals surface area contributed by atoms with Crippen molar-refractivity contribution in [3.63, 3.8) is 0 Å². The third-order valence-corrected chi connectivity index (χ3v) is 4.98. The first-order chi connectivity index (χ1) is 11.0. The number of rotatable bonds is 4. The summed E-state index contributed by atoms with van der Waals surface area (Å²) in [4.78, 5) is 6.65. The van der Waals surface area contributed by atoms with Gasteiger partial charge in [0.1, 0.15) is 0 Å². The molecule has 1 aromatic carbocycles. The molecule has 0 radical (unpaired) electrons. The van der Waals surface area contributed by atoms with Crippen LogP contribution in [0, 0.1) is 0 Å². The van der Waals surface area contributed by atoms with Crippen LogP contribution in [0.25, 0.3) is 10.2 Å². The van der Waals surface area contributed by atoms with Crippen LogP contribution in [0.4, 0.5) is 18.3 Å². The van der Waals surface area contributed by atoms with Crippen LogP contribution in [0.1, 0.15) is 18.4 Å². The van der Waals surface area contributed by atoms with E-state index in [-0.39, 0.29) is 0 Å². The Labute approximate surface area is 136 Å². The van der Waals surface area contributed by atoms with Gasteiger partial charge in [-0.1, -0.05) is 17.4 Å². The van der Waals surface area contributed by atoms with Gasteiger partial charge in [-0.15, -0.1) is 6.58 Å². The fourth-order valence-electron chi connectivity index (χ4n) is 2.78. The second kappa shape index (κ2) is 6.49. The minimum Gasteiger partial charge on any atom is -0.359 e. The average molecular weight is 341 g/mol. The minimum atomic E-state index is -4.33. The first-order valence-electron chi connectivity index (χ1n) is 7.53. The monoisotopic (exact) mass is 341 g/mol. The third kappa shape index (κ3) is 3.84. The van der Waals surface area contributed by atoms with E-state index < -0.39 is 11.7 Å². The third-order valence-electron chi connectivity index (χ3n) is 4.02. The normalized spacial score (nSPS) is 17.5. The van der Waals surface area contributed by atoms with Gasteiger partial charge in [-0.3, -0.25) is 4.90 Å². The van der Waals surface area contributed by atoms with Gasteiger partial charge in [0.25, 0.3) is 0 Å². The van der Waals surface area contributed by atoms with Gasteiger partial charge < -0.3 is 5.32 Å². The van der Waals surface area contributed by atoms with Crippen molar-refractivity contribution >= 4 is 26.7 Å². The number of fused-ring (bicyclic) bond motifs is 1. The van der Waals surface area contributed by atoms with Crippen LogP contribution in [-0.4, -0.2) is 35.6 Å². The van der Waals surface area contributed by atoms with Crippen molar-refractivity contribution in [3.8, 4) is 0 Å². The zero-order valence-corrected chi connectivity index (χ0v) is 13.4. The predicted octanol–water partition coefficient (Wildman–Crippen LogP) is 4.38. The van der Waals surface area contributed by atoms with Crippen molar-refractivity contribution < 1.29 is 13.2 Å². The Bertz CT molecular complexity index is 687. The highest BCUT2D eigenvalue weighted by Gasteiger charge is 2.30. The van der Waals surface area contributed by atoms with Gasteiger partial charge in [0, 0.05) is 25.7 Å². The Morgan fingerprint density at radius 2 is 2.09 bits per heavy atom. The molecular weight excluding hydrogens is 323 g/mol. The highest BCUT2D eigenvalue weighted by atomic mass is 32.1. The van der Waals surface area contributed by atoms with Crippen LogP contribution in [0.5, 0.6) is 0 Å². The van der Waals surface area contributed by atoms with Crippen LogP contribution in [0.2, 0.25) is 0 Å². The highest BCUT2D eigenvalue weighted by Crippen LogP contribution is 2.34. The lowest BCUT2D eigenvalue weighted by molar-refractivity contribution is -0.137. The number of aromatic nitrogens is 1. The number of anilines is 1. The van der Waals surface area contributed by atoms with Crippen molar-refractivity contribution in [2.75, 3.05) is 25.0 Å². The Kier molecular flexibility index (Phi) is 4.59. The lowest BCUT2D eigenvalue weighted by Gasteiger charge is -2.31. The van der Waals surface area contributed by atoms with E-state index in [0.717, 1.165) is 49.3 Å². The van der Waals surface area contributed by atoms with E-state index in [1.54, 1.807) is 0 Å². The molecule has 0 spiro atoms. The Hall–Kier alpha value is -1.60. The molecule has 1 aliphatic rings. The number of likely N-dealkylation sites (tertiary alicyclic amines) is 1. The molecule has 7 heteroatoms. The lowest BCUT2D eigenvalue weighted by Crippen LogP contribution is -2.39. The molecule has 0 aliphatic carbocycles. The summed E-state index contributed by atoms with van der Waals surface area (Å²) in [6, 6.07) is 4.04. The molecule has 0 saturated carbocycles. The quantitative estimate of drug-likeness (QED) is 0.837. The van der Waals surface area contributed by atoms with E-state index in [1.165, 1.54) is 17.4 Å². The molecule has 1 aliphatic heterocycles. The van der Waals surface area contributed by atoms with Crippen molar-refractivity contribution in [3.05, 3.63) is 36.4 Å². The van der Waals surface area contributed by atoms with E-state index in [9.17, 15) is 13.2 Å². The van der Waals surface area contributed by atoms with Gasteiger partial charge in [-0.25, -0.2) is 4.98 Å². The molecule has 1 aromatic heterocycles. The average Bonchev–Trinajstić information content (AvgIpc) is 2.90. The number of hydrogen-bond donors (Lipinski definition) is 1. The maximum absolute atomic E-state index is 12.7. The zero-order valence-electron chi connectivity index (χ0n) is 12.6. The maximum Gasteiger partial charge on any atom is 0.416 e. The number of nitrogens with one attached hydrogen (secondary N) is 1. The van der Waals surface area contributed by atoms with Crippen molar-refractivity contribution in [2.45, 2.75) is 25.1 Å². The van der Waals surface area contributed by atoms with Crippen LogP contribution in [-0.2, 0) is 6.18 Å². The molecule has 1 fully saturated rings. The molecule has 1 saturated heterocycles. The second-order valence-corrected chi connectivity index (χ2v) is 6.74. The predicted molar refractivity (Wildman–Crippen MR) is 87.9 cm³/mol. The molecule has 0 unspecified atom stereocenters. The fourth-order valence-corrected chi connectivity index (χ4v) is 3.71. The molecular formula is C16H18F3N3S. The number of alkyl halides is 3. The Morgan fingerprint density at radius 1 is 1.35 bits per heavy atom. The summed E-state index contributed by atoms with van der Waals surface area (Å²) in [6.45, 7) is 6.63. The van der Waals surface area contributed by atoms with Crippen molar-refractivity contribution in [1.82, 2.24) is 9.88 Å². The van der Waals surface area contributed by atoms with Crippen molar-refractivity contribution in [2.24, 2.45) is 0 Å². The minimum absolute atomic E-state index is 0.318. The SMILES string of the molecule is C=CCN1CCC(Nc2nc3cc(C(F)(F)F)ccc3s2)CC1. The van der Waals surface area contributed by atoms with Gasteiger partial charge in [0.15, 0.2) is 5.13 Å². The van der Waals surface area contributed by atoms with Gasteiger partial charge in [0.05, 0.1) is 15.8 Å². The molecule has 2 heterocycles. The number of hydrogen-bond acceptors (Lipinski definition) is 4. The van der Waals surface area contributed by atoms with Crippen LogP contribution in [0.3, 0.4) is 0 Å². The number of thiazole rings is 1. The van der Waals surface area contributed by atoms with Crippen LogP contribution in [0.15, 0.2) is 30.9 Å². The zero-order chi connectivity index (χ0) is 16.4. The molecule has 0 amide bonds. The summed E-state index contributed by atoms with van der Waals surface area (Å²) < 4.78 is 39.0. The number of nitrogens with zero attached hydrogens (tertiary/aromatic N) is 2. The first-order valence-corrected chi connectivity index (χ1v) is 8.35. The maximum atomic E-state index is 12.7. The molecule has 1 N–H and O–H groups in total. The first kappa shape index (κ1) is 16.3. The van der Waals surface area contributed by atoms with Crippen LogP contribution >= 0.6 is 11.3 Å². The fraction of sp³-hybridized carbons (Fsp3) is 0.438. The van der Waals surface area contributed by atoms with E-state index in [2.05, 4.69) is 21.8 Å². The number of halogens is 3. The van der Waals surface area contributed by atoms with Crippen molar-refractivity contribution in [1.29, 1.82) is 0 Å². The highest BCUT2D eigenvalue weighted by molar-refractivity contribution is 7.22. The van der Waals surface area contributed by atoms with Gasteiger partial charge in [0.2, 0.25) is 0 Å². The second-order valence-electron chi connectivity index (χ2n) is 5.71. The van der Waals surface area contributed by atoms with E-state index in [0.29, 0.717) is 16.7 Å². The smallest absolute Gasteiger partial charge is 0.359 e. The molecule has 0 bridgehead atoms. The summed E-state index contributed by atoms with van der Waals surface area (Å²) in [5.41, 5.74) is -0.254. The topological polar surface area (TPSA) is 28.2 Å². The summed E-state index contributed by atoms with van der Waals surface area (Å²) in [6.07, 6.45) is -0.432. The summed E-state index contributed by atoms with van der Waals surface area (Å²) in [7, 11) is 0. The van der Waals surface area contributed by atoms with Gasteiger partial charge in [-0.2, -0.15) is 13.2 Å². The molecule has 124 valence electrons. The largest absolute Gasteiger partial charge is 0.416 e. The summed E-state index contributed by atoms with van der Waals surface area (Å²) in [5.74, 6) is 0.